The number of aromatic nitrogens is 5. The maximum absolute atomic E-state index is 12.6. The van der Waals surface area contributed by atoms with E-state index in [-0.39, 0.29) is 12.4 Å². The highest BCUT2D eigenvalue weighted by atomic mass is 32.2. The summed E-state index contributed by atoms with van der Waals surface area (Å²) in [5, 5.41) is 12.1. The number of halogens is 2. The zero-order chi connectivity index (χ0) is 19.7. The summed E-state index contributed by atoms with van der Waals surface area (Å²) in [6.07, 6.45) is -1.35. The van der Waals surface area contributed by atoms with Crippen LogP contribution in [-0.2, 0) is 35.4 Å². The minimum atomic E-state index is -2.83. The van der Waals surface area contributed by atoms with Gasteiger partial charge in [0.05, 0.1) is 38.2 Å². The minimum Gasteiger partial charge on any atom is -0.414 e. The van der Waals surface area contributed by atoms with Crippen molar-refractivity contribution < 1.29 is 22.1 Å². The second kappa shape index (κ2) is 8.01. The number of alkyl halides is 2. The predicted octanol–water partition coefficient (Wildman–Crippen LogP) is 2.55. The third-order valence-electron chi connectivity index (χ3n) is 3.97. The van der Waals surface area contributed by atoms with E-state index in [1.807, 2.05) is 17.7 Å². The molecule has 9 nitrogen and oxygen atoms in total. The first-order valence-corrected chi connectivity index (χ1v) is 10.5. The molecule has 150 valence electrons. The first-order valence-electron chi connectivity index (χ1n) is 8.42. The lowest BCUT2D eigenvalue weighted by Gasteiger charge is -2.18. The van der Waals surface area contributed by atoms with Crippen LogP contribution in [0.25, 0.3) is 10.8 Å². The zero-order valence-electron chi connectivity index (χ0n) is 14.7. The van der Waals surface area contributed by atoms with E-state index in [1.54, 1.807) is 4.31 Å². The van der Waals surface area contributed by atoms with Gasteiger partial charge in [-0.25, -0.2) is 9.19 Å². The molecule has 0 aromatic carbocycles. The van der Waals surface area contributed by atoms with Gasteiger partial charge in [-0.15, -0.1) is 21.5 Å². The van der Waals surface area contributed by atoms with Crippen LogP contribution in [0.15, 0.2) is 16.7 Å². The van der Waals surface area contributed by atoms with Crippen molar-refractivity contribution in [2.45, 2.75) is 33.0 Å². The minimum absolute atomic E-state index is 0.0168. The number of fused-ring (bicyclic) bond motifs is 1. The van der Waals surface area contributed by atoms with E-state index < -0.39 is 23.3 Å². The van der Waals surface area contributed by atoms with Gasteiger partial charge in [0.1, 0.15) is 20.9 Å². The number of hydrogen-bond donors (Lipinski definition) is 0. The summed E-state index contributed by atoms with van der Waals surface area (Å²) in [6.45, 7) is 3.77. The molecule has 4 rings (SSSR count). The quantitative estimate of drug-likeness (QED) is 0.568. The molecular weight excluding hydrogens is 414 g/mol. The largest absolute Gasteiger partial charge is 0.414 e. The molecule has 0 fully saturated rings. The van der Waals surface area contributed by atoms with E-state index in [4.69, 9.17) is 9.15 Å². The second-order valence-corrected chi connectivity index (χ2v) is 8.56. The summed E-state index contributed by atoms with van der Waals surface area (Å²) in [5.74, 6) is 0.245. The van der Waals surface area contributed by atoms with Crippen LogP contribution in [0, 0.1) is 0 Å². The third kappa shape index (κ3) is 3.82. The highest BCUT2D eigenvalue weighted by molar-refractivity contribution is 7.86. The molecule has 0 aliphatic carbocycles. The van der Waals surface area contributed by atoms with Crippen molar-refractivity contribution in [2.24, 2.45) is 0 Å². The summed E-state index contributed by atoms with van der Waals surface area (Å²) < 4.78 is 51.7. The van der Waals surface area contributed by atoms with Crippen LogP contribution in [-0.4, -0.2) is 41.5 Å². The van der Waals surface area contributed by atoms with Gasteiger partial charge in [-0.2, -0.15) is 13.9 Å². The zero-order valence-corrected chi connectivity index (χ0v) is 16.4. The lowest BCUT2D eigenvalue weighted by atomic mass is 10.4. The maximum atomic E-state index is 12.6. The number of hydrogen-bond acceptors (Lipinski definition) is 8. The van der Waals surface area contributed by atoms with Crippen molar-refractivity contribution in [3.8, 4) is 10.8 Å². The molecule has 1 aliphatic heterocycles. The molecule has 0 spiro atoms. The molecule has 1 unspecified atom stereocenters. The van der Waals surface area contributed by atoms with Crippen molar-refractivity contribution in [1.82, 2.24) is 25.0 Å². The molecule has 0 radical (unpaired) electrons. The number of nitrogens with zero attached hydrogens (tertiary/aromatic N) is 6. The Hall–Kier alpha value is -2.25. The molecule has 13 heteroatoms. The molecule has 0 saturated heterocycles. The SMILES string of the molecule is CCS(=O)N(Cc1ncc(-c2nnc(C(F)F)o2)s1)c1cc2n(n1)CCOC2. The van der Waals surface area contributed by atoms with Crippen LogP contribution in [0.3, 0.4) is 0 Å². The van der Waals surface area contributed by atoms with Gasteiger partial charge < -0.3 is 9.15 Å². The van der Waals surface area contributed by atoms with Gasteiger partial charge in [0, 0.05) is 11.8 Å². The lowest BCUT2D eigenvalue weighted by molar-refractivity contribution is 0.0801. The first kappa shape index (κ1) is 19.1. The number of rotatable bonds is 7. The van der Waals surface area contributed by atoms with E-state index in [2.05, 4.69) is 20.3 Å². The molecule has 3 aromatic rings. The molecule has 3 aromatic heterocycles. The predicted molar refractivity (Wildman–Crippen MR) is 97.1 cm³/mol. The first-order chi connectivity index (χ1) is 13.5. The molecule has 4 heterocycles. The van der Waals surface area contributed by atoms with Crippen LogP contribution in [0.2, 0.25) is 0 Å². The average molecular weight is 430 g/mol. The molecule has 28 heavy (non-hydrogen) atoms. The van der Waals surface area contributed by atoms with Gasteiger partial charge in [-0.1, -0.05) is 6.92 Å². The standard InChI is InChI=1S/C15H16F2N6O3S2/c1-2-28(24)23(11-5-9-8-25-4-3-22(9)21-11)7-12-18-6-10(27-12)14-19-20-15(26-14)13(16)17/h5-6,13H,2-4,7-8H2,1H3. The highest BCUT2D eigenvalue weighted by Gasteiger charge is 2.23. The Morgan fingerprint density at radius 3 is 3.00 bits per heavy atom. The van der Waals surface area contributed by atoms with E-state index in [0.29, 0.717) is 41.2 Å². The Kier molecular flexibility index (Phi) is 5.46. The van der Waals surface area contributed by atoms with E-state index in [1.165, 1.54) is 17.5 Å². The number of thiazole rings is 1. The number of anilines is 1. The molecule has 1 aliphatic rings. The molecule has 0 amide bonds. The Labute approximate surface area is 164 Å². The second-order valence-electron chi connectivity index (χ2n) is 5.78. The van der Waals surface area contributed by atoms with Gasteiger partial charge in [0.25, 0.3) is 11.8 Å². The molecule has 1 atom stereocenters. The summed E-state index contributed by atoms with van der Waals surface area (Å²) in [4.78, 5) is 4.75. The van der Waals surface area contributed by atoms with Crippen LogP contribution >= 0.6 is 11.3 Å². The summed E-state index contributed by atoms with van der Waals surface area (Å²) in [6, 6.07) is 1.86. The van der Waals surface area contributed by atoms with Crippen molar-refractivity contribution >= 4 is 28.1 Å². The molecule has 0 bridgehead atoms. The summed E-state index contributed by atoms with van der Waals surface area (Å²) >= 11 is 1.21. The fraction of sp³-hybridized carbons (Fsp3) is 0.467. The Morgan fingerprint density at radius 2 is 2.29 bits per heavy atom. The normalized spacial score (nSPS) is 15.0. The monoisotopic (exact) mass is 430 g/mol. The van der Waals surface area contributed by atoms with Gasteiger partial charge in [-0.3, -0.25) is 8.99 Å². The van der Waals surface area contributed by atoms with E-state index in [0.717, 1.165) is 5.69 Å². The van der Waals surface area contributed by atoms with Gasteiger partial charge in [0.15, 0.2) is 5.82 Å². The van der Waals surface area contributed by atoms with E-state index >= 15 is 0 Å². The average Bonchev–Trinajstić information content (AvgIpc) is 3.43. The lowest BCUT2D eigenvalue weighted by Crippen LogP contribution is -2.27. The fourth-order valence-corrected chi connectivity index (χ4v) is 4.43. The van der Waals surface area contributed by atoms with Crippen LogP contribution < -0.4 is 4.31 Å². The highest BCUT2D eigenvalue weighted by Crippen LogP contribution is 2.29. The third-order valence-corrected chi connectivity index (χ3v) is 6.24. The van der Waals surface area contributed by atoms with Crippen molar-refractivity contribution in [3.63, 3.8) is 0 Å². The maximum Gasteiger partial charge on any atom is 0.314 e. The van der Waals surface area contributed by atoms with Gasteiger partial charge >= 0.3 is 6.43 Å². The van der Waals surface area contributed by atoms with Crippen LogP contribution in [0.4, 0.5) is 14.6 Å². The van der Waals surface area contributed by atoms with Crippen molar-refractivity contribution in [2.75, 3.05) is 16.7 Å². The topological polar surface area (TPSA) is 99.2 Å². The summed E-state index contributed by atoms with van der Waals surface area (Å²) in [5.41, 5.74) is 0.921. The smallest absolute Gasteiger partial charge is 0.314 e. The van der Waals surface area contributed by atoms with Crippen LogP contribution in [0.1, 0.15) is 29.9 Å². The molecule has 0 saturated carbocycles. The molecule has 0 N–H and O–H groups in total. The van der Waals surface area contributed by atoms with Crippen molar-refractivity contribution in [3.05, 3.63) is 28.9 Å². The van der Waals surface area contributed by atoms with Crippen molar-refractivity contribution in [1.29, 1.82) is 0 Å². The van der Waals surface area contributed by atoms with Crippen LogP contribution in [0.5, 0.6) is 0 Å². The van der Waals surface area contributed by atoms with Gasteiger partial charge in [-0.05, 0) is 0 Å². The Morgan fingerprint density at radius 1 is 1.43 bits per heavy atom. The van der Waals surface area contributed by atoms with E-state index in [9.17, 15) is 13.0 Å². The Bertz CT molecular complexity index is 965. The fourth-order valence-electron chi connectivity index (χ4n) is 2.64. The number of ether oxygens (including phenoxy) is 1. The Balaban J connectivity index is 1.56. The molecular formula is C15H16F2N6O3S2. The summed E-state index contributed by atoms with van der Waals surface area (Å²) in [7, 11) is -1.30. The van der Waals surface area contributed by atoms with Gasteiger partial charge in [0.2, 0.25) is 0 Å².